The van der Waals surface area contributed by atoms with Crippen molar-refractivity contribution in [2.24, 2.45) is 5.92 Å². The van der Waals surface area contributed by atoms with Gasteiger partial charge in [0.05, 0.1) is 13.2 Å². The molecule has 0 aromatic heterocycles. The van der Waals surface area contributed by atoms with Gasteiger partial charge in [-0.25, -0.2) is 0 Å². The van der Waals surface area contributed by atoms with E-state index < -0.39 is 0 Å². The van der Waals surface area contributed by atoms with Crippen molar-refractivity contribution in [1.29, 1.82) is 0 Å². The summed E-state index contributed by atoms with van der Waals surface area (Å²) >= 11 is 4.12. The van der Waals surface area contributed by atoms with Gasteiger partial charge in [0.2, 0.25) is 0 Å². The van der Waals surface area contributed by atoms with Crippen molar-refractivity contribution in [2.75, 3.05) is 32.1 Å². The van der Waals surface area contributed by atoms with E-state index in [0.29, 0.717) is 0 Å². The molecule has 1 unspecified atom stereocenters. The molecule has 0 saturated carbocycles. The van der Waals surface area contributed by atoms with Gasteiger partial charge in [0, 0.05) is 18.3 Å². The average molecular weight is 217 g/mol. The summed E-state index contributed by atoms with van der Waals surface area (Å²) in [5.74, 6) is 1.61. The Morgan fingerprint density at radius 2 is 2.21 bits per heavy atom. The van der Waals surface area contributed by atoms with Crippen LogP contribution in [0.5, 0.6) is 0 Å². The molecule has 0 aliphatic carbocycles. The maximum Gasteiger partial charge on any atom is 0.0593 e. The fraction of sp³-hybridized carbons (Fsp3) is 1.00. The second kappa shape index (κ2) is 6.70. The van der Waals surface area contributed by atoms with Crippen LogP contribution in [-0.2, 0) is 4.74 Å². The molecule has 0 amide bonds. The molecule has 0 aromatic carbocycles. The number of rotatable bonds is 6. The standard InChI is InChI=1S/C11H23NOS/c1-10(2)11-4-3-5-12(11)6-7-13-8-9-14/h10-11,14H,3-9H2,1-2H3. The van der Waals surface area contributed by atoms with Crippen molar-refractivity contribution in [3.63, 3.8) is 0 Å². The summed E-state index contributed by atoms with van der Waals surface area (Å²) in [7, 11) is 0. The number of ether oxygens (including phenoxy) is 1. The lowest BCUT2D eigenvalue weighted by Crippen LogP contribution is -2.35. The molecule has 0 aromatic rings. The Bertz CT molecular complexity index is 152. The van der Waals surface area contributed by atoms with Crippen LogP contribution < -0.4 is 0 Å². The van der Waals surface area contributed by atoms with Gasteiger partial charge in [0.1, 0.15) is 0 Å². The molecular formula is C11H23NOS. The zero-order valence-corrected chi connectivity index (χ0v) is 10.3. The lowest BCUT2D eigenvalue weighted by molar-refractivity contribution is 0.101. The highest BCUT2D eigenvalue weighted by Crippen LogP contribution is 2.22. The predicted octanol–water partition coefficient (Wildman–Crippen LogP) is 2.05. The third kappa shape index (κ3) is 3.79. The van der Waals surface area contributed by atoms with E-state index in [0.717, 1.165) is 37.5 Å². The number of thiol groups is 1. The van der Waals surface area contributed by atoms with E-state index >= 15 is 0 Å². The molecule has 1 heterocycles. The summed E-state index contributed by atoms with van der Waals surface area (Å²) in [5, 5.41) is 0. The number of nitrogens with zero attached hydrogens (tertiary/aromatic N) is 1. The SMILES string of the molecule is CC(C)C1CCCN1CCOCCS. The first kappa shape index (κ1) is 12.3. The minimum atomic E-state index is 0.780. The second-order valence-corrected chi connectivity index (χ2v) is 4.77. The van der Waals surface area contributed by atoms with E-state index in [4.69, 9.17) is 4.74 Å². The lowest BCUT2D eigenvalue weighted by Gasteiger charge is -2.27. The zero-order chi connectivity index (χ0) is 10.4. The first-order chi connectivity index (χ1) is 6.75. The van der Waals surface area contributed by atoms with Crippen molar-refractivity contribution in [3.8, 4) is 0 Å². The molecule has 0 bridgehead atoms. The Hall–Kier alpha value is 0.270. The van der Waals surface area contributed by atoms with Crippen molar-refractivity contribution in [3.05, 3.63) is 0 Å². The maximum atomic E-state index is 5.45. The molecule has 84 valence electrons. The van der Waals surface area contributed by atoms with E-state index in [9.17, 15) is 0 Å². The van der Waals surface area contributed by atoms with Gasteiger partial charge in [0.25, 0.3) is 0 Å². The predicted molar refractivity (Wildman–Crippen MR) is 64.1 cm³/mol. The van der Waals surface area contributed by atoms with Crippen LogP contribution in [0.25, 0.3) is 0 Å². The zero-order valence-electron chi connectivity index (χ0n) is 9.41. The molecule has 1 aliphatic rings. The molecular weight excluding hydrogens is 194 g/mol. The van der Waals surface area contributed by atoms with E-state index in [-0.39, 0.29) is 0 Å². The van der Waals surface area contributed by atoms with Crippen LogP contribution >= 0.6 is 12.6 Å². The third-order valence-electron chi connectivity index (χ3n) is 2.94. The third-order valence-corrected chi connectivity index (χ3v) is 3.12. The fourth-order valence-corrected chi connectivity index (χ4v) is 2.36. The van der Waals surface area contributed by atoms with Gasteiger partial charge in [-0.2, -0.15) is 12.6 Å². The summed E-state index contributed by atoms with van der Waals surface area (Å²) in [6.07, 6.45) is 2.72. The van der Waals surface area contributed by atoms with E-state index in [1.807, 2.05) is 0 Å². The monoisotopic (exact) mass is 217 g/mol. The van der Waals surface area contributed by atoms with Crippen molar-refractivity contribution < 1.29 is 4.74 Å². The molecule has 14 heavy (non-hydrogen) atoms. The maximum absolute atomic E-state index is 5.45. The normalized spacial score (nSPS) is 23.6. The number of hydrogen-bond donors (Lipinski definition) is 1. The summed E-state index contributed by atoms with van der Waals surface area (Å²) < 4.78 is 5.45. The van der Waals surface area contributed by atoms with E-state index in [2.05, 4.69) is 31.4 Å². The quantitative estimate of drug-likeness (QED) is 0.540. The molecule has 1 fully saturated rings. The van der Waals surface area contributed by atoms with Crippen LogP contribution in [0, 0.1) is 5.92 Å². The van der Waals surface area contributed by atoms with Gasteiger partial charge in [-0.3, -0.25) is 4.90 Å². The van der Waals surface area contributed by atoms with Crippen LogP contribution in [0.15, 0.2) is 0 Å². The topological polar surface area (TPSA) is 12.5 Å². The Morgan fingerprint density at radius 3 is 2.86 bits per heavy atom. The van der Waals surface area contributed by atoms with E-state index in [1.165, 1.54) is 19.4 Å². The molecule has 1 rings (SSSR count). The van der Waals surface area contributed by atoms with Crippen LogP contribution in [0.2, 0.25) is 0 Å². The molecule has 0 radical (unpaired) electrons. The van der Waals surface area contributed by atoms with Crippen LogP contribution in [0.3, 0.4) is 0 Å². The van der Waals surface area contributed by atoms with Gasteiger partial charge in [-0.05, 0) is 25.3 Å². The van der Waals surface area contributed by atoms with Gasteiger partial charge in [-0.15, -0.1) is 0 Å². The van der Waals surface area contributed by atoms with Crippen molar-refractivity contribution in [2.45, 2.75) is 32.7 Å². The van der Waals surface area contributed by atoms with Gasteiger partial charge >= 0.3 is 0 Å². The Balaban J connectivity index is 2.16. The highest BCUT2D eigenvalue weighted by molar-refractivity contribution is 7.80. The summed E-state index contributed by atoms with van der Waals surface area (Å²) in [6, 6.07) is 0.787. The first-order valence-electron chi connectivity index (χ1n) is 5.68. The molecule has 0 spiro atoms. The van der Waals surface area contributed by atoms with Crippen LogP contribution in [0.1, 0.15) is 26.7 Å². The largest absolute Gasteiger partial charge is 0.379 e. The second-order valence-electron chi connectivity index (χ2n) is 4.33. The molecule has 0 N–H and O–H groups in total. The van der Waals surface area contributed by atoms with Crippen LogP contribution in [0.4, 0.5) is 0 Å². The Labute approximate surface area is 93.4 Å². The Morgan fingerprint density at radius 1 is 1.43 bits per heavy atom. The summed E-state index contributed by atoms with van der Waals surface area (Å²) in [4.78, 5) is 2.57. The Kier molecular flexibility index (Phi) is 5.90. The van der Waals surface area contributed by atoms with Crippen molar-refractivity contribution >= 4 is 12.6 Å². The molecule has 2 nitrogen and oxygen atoms in total. The average Bonchev–Trinajstić information content (AvgIpc) is 2.60. The minimum absolute atomic E-state index is 0.780. The lowest BCUT2D eigenvalue weighted by atomic mass is 10.0. The summed E-state index contributed by atoms with van der Waals surface area (Å²) in [6.45, 7) is 8.63. The van der Waals surface area contributed by atoms with Gasteiger partial charge < -0.3 is 4.74 Å². The van der Waals surface area contributed by atoms with Gasteiger partial charge in [0.15, 0.2) is 0 Å². The molecule has 1 aliphatic heterocycles. The first-order valence-corrected chi connectivity index (χ1v) is 6.31. The number of likely N-dealkylation sites (tertiary alicyclic amines) is 1. The summed E-state index contributed by atoms with van der Waals surface area (Å²) in [5.41, 5.74) is 0. The number of hydrogen-bond acceptors (Lipinski definition) is 3. The van der Waals surface area contributed by atoms with Crippen molar-refractivity contribution in [1.82, 2.24) is 4.90 Å². The smallest absolute Gasteiger partial charge is 0.0593 e. The van der Waals surface area contributed by atoms with Crippen LogP contribution in [-0.4, -0.2) is 43.0 Å². The minimum Gasteiger partial charge on any atom is -0.379 e. The highest BCUT2D eigenvalue weighted by Gasteiger charge is 2.26. The molecule has 1 saturated heterocycles. The molecule has 1 atom stereocenters. The highest BCUT2D eigenvalue weighted by atomic mass is 32.1. The molecule has 3 heteroatoms. The van der Waals surface area contributed by atoms with Gasteiger partial charge in [-0.1, -0.05) is 13.8 Å². The van der Waals surface area contributed by atoms with E-state index in [1.54, 1.807) is 0 Å². The fourth-order valence-electron chi connectivity index (χ4n) is 2.23.